The Morgan fingerprint density at radius 1 is 0.483 bits per heavy atom. The highest BCUT2D eigenvalue weighted by atomic mass is 16.8. The first-order chi connectivity index (χ1) is 27.5. The number of carbonyl (C=O) groups excluding carboxylic acids is 1. The summed E-state index contributed by atoms with van der Waals surface area (Å²) in [5, 5.41) is 97.3. The molecule has 0 aliphatic carbocycles. The van der Waals surface area contributed by atoms with Gasteiger partial charge in [0.15, 0.2) is 25.2 Å². The Balaban J connectivity index is 1.53. The normalized spacial score (nSPS) is 44.2. The molecule has 0 unspecified atom stereocenters. The first kappa shape index (κ1) is 49.4. The number of methoxy groups -OCH3 is 1. The second-order valence-electron chi connectivity index (χ2n) is 16.2. The summed E-state index contributed by atoms with van der Waals surface area (Å²) < 4.78 is 53.3. The summed E-state index contributed by atoms with van der Waals surface area (Å²) in [6.45, 7) is 7.96. The fourth-order valence-corrected chi connectivity index (χ4v) is 7.79. The Bertz CT molecular complexity index is 1200. The molecule has 4 heterocycles. The predicted octanol–water partition coefficient (Wildman–Crippen LogP) is -0.761. The minimum absolute atomic E-state index is 0.200. The predicted molar refractivity (Wildman–Crippen MR) is 199 cm³/mol. The van der Waals surface area contributed by atoms with Crippen LogP contribution in [0.2, 0.25) is 0 Å². The first-order valence-electron chi connectivity index (χ1n) is 20.9. The lowest BCUT2D eigenvalue weighted by Gasteiger charge is -2.50. The van der Waals surface area contributed by atoms with Crippen molar-refractivity contribution in [2.45, 2.75) is 234 Å². The molecule has 4 rings (SSSR count). The lowest BCUT2D eigenvalue weighted by molar-refractivity contribution is -0.406. The maximum Gasteiger partial charge on any atom is 0.305 e. The highest BCUT2D eigenvalue weighted by Crippen LogP contribution is 2.36. The zero-order valence-corrected chi connectivity index (χ0v) is 34.5. The average Bonchev–Trinajstić information content (AvgIpc) is 3.19. The van der Waals surface area contributed by atoms with Crippen LogP contribution in [0.5, 0.6) is 0 Å². The van der Waals surface area contributed by atoms with E-state index in [0.29, 0.717) is 19.3 Å². The fraction of sp³-hybridized carbons (Fsp3) is 0.974. The van der Waals surface area contributed by atoms with Crippen LogP contribution in [0.25, 0.3) is 0 Å². The van der Waals surface area contributed by atoms with E-state index >= 15 is 0 Å². The van der Waals surface area contributed by atoms with Crippen molar-refractivity contribution in [1.29, 1.82) is 0 Å². The SMILES string of the molecule is CCC[C@@H](CCCCCCCCCC(=O)OC)O[C@@H]1O[C@H](C)[C@@H](O)[C@H](O)[C@H]1O[C@@H]1O[C@H](C)[C@@H](O)[C@H](O[C@@H]2O[C@H](C)[C@@H](O)[C@H](O)[C@H]2O)[C@H]1O[C@@H]1O[C@@H](C)[C@H](O)[C@@H](O)[C@H]1O. The molecule has 4 saturated heterocycles. The Kier molecular flexibility index (Phi) is 19.9. The molecule has 0 spiro atoms. The van der Waals surface area contributed by atoms with Gasteiger partial charge in [-0.1, -0.05) is 51.9 Å². The topological polar surface area (TPSA) is 282 Å². The third-order valence-corrected chi connectivity index (χ3v) is 11.6. The zero-order chi connectivity index (χ0) is 42.8. The second-order valence-corrected chi connectivity index (χ2v) is 16.2. The highest BCUT2D eigenvalue weighted by Gasteiger charge is 2.55. The average molecular weight is 843 g/mol. The number of aliphatic hydroxyl groups excluding tert-OH is 9. The third kappa shape index (κ3) is 12.7. The molecule has 58 heavy (non-hydrogen) atoms. The van der Waals surface area contributed by atoms with E-state index in [0.717, 1.165) is 51.4 Å². The molecular formula is C39H70O19. The van der Waals surface area contributed by atoms with Gasteiger partial charge in [-0.25, -0.2) is 0 Å². The monoisotopic (exact) mass is 842 g/mol. The molecule has 4 fully saturated rings. The molecule has 19 nitrogen and oxygen atoms in total. The highest BCUT2D eigenvalue weighted by molar-refractivity contribution is 5.68. The number of hydrogen-bond acceptors (Lipinski definition) is 19. The lowest BCUT2D eigenvalue weighted by Crippen LogP contribution is -2.67. The molecule has 0 bridgehead atoms. The van der Waals surface area contributed by atoms with E-state index in [1.807, 2.05) is 6.92 Å². The largest absolute Gasteiger partial charge is 0.469 e. The first-order valence-corrected chi connectivity index (χ1v) is 20.9. The second kappa shape index (κ2) is 23.3. The molecule has 4 aliphatic heterocycles. The Morgan fingerprint density at radius 3 is 1.45 bits per heavy atom. The summed E-state index contributed by atoms with van der Waals surface area (Å²) in [5.74, 6) is -0.200. The minimum Gasteiger partial charge on any atom is -0.469 e. The van der Waals surface area contributed by atoms with Gasteiger partial charge in [0.2, 0.25) is 0 Å². The summed E-state index contributed by atoms with van der Waals surface area (Å²) >= 11 is 0. The molecule has 9 N–H and O–H groups in total. The molecule has 0 aromatic rings. The van der Waals surface area contributed by atoms with Crippen molar-refractivity contribution in [2.24, 2.45) is 0 Å². The van der Waals surface area contributed by atoms with Gasteiger partial charge in [-0.15, -0.1) is 0 Å². The van der Waals surface area contributed by atoms with Crippen LogP contribution in [0.4, 0.5) is 0 Å². The molecule has 0 aromatic carbocycles. The summed E-state index contributed by atoms with van der Waals surface area (Å²) in [6.07, 6.45) is -20.4. The zero-order valence-electron chi connectivity index (χ0n) is 34.5. The number of rotatable bonds is 20. The Hall–Kier alpha value is -1.21. The van der Waals surface area contributed by atoms with Crippen molar-refractivity contribution >= 4 is 5.97 Å². The van der Waals surface area contributed by atoms with Crippen LogP contribution in [0.1, 0.15) is 105 Å². The molecule has 19 heteroatoms. The number of carbonyl (C=O) groups is 1. The molecular weight excluding hydrogens is 772 g/mol. The van der Waals surface area contributed by atoms with Crippen LogP contribution < -0.4 is 0 Å². The molecule has 0 saturated carbocycles. The number of esters is 1. The molecule has 340 valence electrons. The van der Waals surface area contributed by atoms with E-state index < -0.39 is 123 Å². The van der Waals surface area contributed by atoms with Gasteiger partial charge < -0.3 is 88.6 Å². The van der Waals surface area contributed by atoms with Crippen molar-refractivity contribution in [1.82, 2.24) is 0 Å². The minimum atomic E-state index is -1.82. The van der Waals surface area contributed by atoms with Gasteiger partial charge >= 0.3 is 5.97 Å². The van der Waals surface area contributed by atoms with Crippen molar-refractivity contribution in [3.8, 4) is 0 Å². The van der Waals surface area contributed by atoms with E-state index in [1.54, 1.807) is 6.92 Å². The van der Waals surface area contributed by atoms with Crippen LogP contribution in [0.15, 0.2) is 0 Å². The van der Waals surface area contributed by atoms with Gasteiger partial charge in [0.05, 0.1) is 37.6 Å². The van der Waals surface area contributed by atoms with Gasteiger partial charge in [-0.3, -0.25) is 4.79 Å². The van der Waals surface area contributed by atoms with E-state index in [4.69, 9.17) is 42.6 Å². The molecule has 4 aliphatic rings. The van der Waals surface area contributed by atoms with Crippen molar-refractivity contribution in [3.05, 3.63) is 0 Å². The number of ether oxygens (including phenoxy) is 9. The quantitative estimate of drug-likeness (QED) is 0.0538. The lowest BCUT2D eigenvalue weighted by atomic mass is 9.96. The standard InChI is InChI=1S/C39H70O19/c1-7-15-22(16-13-11-9-8-10-12-14-17-23(40)50-6)55-38-34(30(47)26(43)20(4)53-38)57-39-35(58-37-32(49)29(46)25(42)19(3)52-37)33(27(44)21(5)54-39)56-36-31(48)28(45)24(41)18(2)51-36/h18-22,24-39,41-49H,7-17H2,1-6H3/t18-,19+,20-,21-,22+,24-,25+,26-,27-,28+,29-,30+,31-,32-,33+,34-,35-,36+,37+,38+,39+/m1/s1. The molecule has 21 atom stereocenters. The smallest absolute Gasteiger partial charge is 0.305 e. The maximum atomic E-state index is 11.5. The van der Waals surface area contributed by atoms with E-state index in [1.165, 1.54) is 27.9 Å². The van der Waals surface area contributed by atoms with Crippen LogP contribution in [0, 0.1) is 0 Å². The third-order valence-electron chi connectivity index (χ3n) is 11.6. The van der Waals surface area contributed by atoms with E-state index in [2.05, 4.69) is 0 Å². The molecule has 0 aromatic heterocycles. The van der Waals surface area contributed by atoms with Crippen LogP contribution >= 0.6 is 0 Å². The van der Waals surface area contributed by atoms with E-state index in [-0.39, 0.29) is 12.1 Å². The van der Waals surface area contributed by atoms with Gasteiger partial charge in [0, 0.05) is 6.42 Å². The van der Waals surface area contributed by atoms with Gasteiger partial charge in [-0.2, -0.15) is 0 Å². The molecule has 0 radical (unpaired) electrons. The van der Waals surface area contributed by atoms with Gasteiger partial charge in [0.25, 0.3) is 0 Å². The molecule has 0 amide bonds. The van der Waals surface area contributed by atoms with Crippen molar-refractivity contribution < 1.29 is 93.4 Å². The summed E-state index contributed by atoms with van der Waals surface area (Å²) in [7, 11) is 1.39. The Morgan fingerprint density at radius 2 is 0.914 bits per heavy atom. The van der Waals surface area contributed by atoms with Crippen LogP contribution in [-0.4, -0.2) is 188 Å². The Labute approximate surface area is 340 Å². The van der Waals surface area contributed by atoms with Crippen LogP contribution in [0.3, 0.4) is 0 Å². The summed E-state index contributed by atoms with van der Waals surface area (Å²) in [5.41, 5.74) is 0. The summed E-state index contributed by atoms with van der Waals surface area (Å²) in [4.78, 5) is 11.3. The number of aliphatic hydroxyl groups is 9. The van der Waals surface area contributed by atoms with Gasteiger partial charge in [0.1, 0.15) is 73.2 Å². The van der Waals surface area contributed by atoms with Crippen molar-refractivity contribution in [2.75, 3.05) is 7.11 Å². The number of hydrogen-bond donors (Lipinski definition) is 9. The van der Waals surface area contributed by atoms with Gasteiger partial charge in [-0.05, 0) is 47.0 Å². The van der Waals surface area contributed by atoms with Crippen LogP contribution in [-0.2, 0) is 47.4 Å². The summed E-state index contributed by atoms with van der Waals surface area (Å²) in [6, 6.07) is 0. The van der Waals surface area contributed by atoms with Crippen molar-refractivity contribution in [3.63, 3.8) is 0 Å². The fourth-order valence-electron chi connectivity index (χ4n) is 7.79. The van der Waals surface area contributed by atoms with E-state index in [9.17, 15) is 50.8 Å². The number of unbranched alkanes of at least 4 members (excludes halogenated alkanes) is 6. The maximum absolute atomic E-state index is 11.5.